The molecule has 148 valence electrons. The number of ether oxygens (including phenoxy) is 4. The third-order valence-electron chi connectivity index (χ3n) is 3.62. The van der Waals surface area contributed by atoms with Crippen LogP contribution in [-0.2, 0) is 9.53 Å². The average Bonchev–Trinajstić information content (AvgIpc) is 2.70. The zero-order valence-electron chi connectivity index (χ0n) is 15.4. The molecule has 0 aliphatic heterocycles. The molecule has 0 aliphatic rings. The van der Waals surface area contributed by atoms with E-state index >= 15 is 0 Å². The number of benzene rings is 2. The summed E-state index contributed by atoms with van der Waals surface area (Å²) >= 11 is 0. The first-order chi connectivity index (χ1) is 13.4. The highest BCUT2D eigenvalue weighted by molar-refractivity contribution is 5.97. The van der Waals surface area contributed by atoms with Gasteiger partial charge in [-0.2, -0.15) is 0 Å². The predicted octanol–water partition coefficient (Wildman–Crippen LogP) is 2.42. The second kappa shape index (κ2) is 9.21. The third-order valence-corrected chi connectivity index (χ3v) is 3.62. The summed E-state index contributed by atoms with van der Waals surface area (Å²) < 4.78 is 20.5. The summed E-state index contributed by atoms with van der Waals surface area (Å²) in [5, 5.41) is 13.1. The van der Waals surface area contributed by atoms with Crippen LogP contribution in [0.4, 0.5) is 11.4 Å². The molecular weight excluding hydrogens is 372 g/mol. The summed E-state index contributed by atoms with van der Waals surface area (Å²) in [6.45, 7) is -0.562. The van der Waals surface area contributed by atoms with Gasteiger partial charge in [0.2, 0.25) is 5.75 Å². The molecule has 0 saturated heterocycles. The minimum Gasteiger partial charge on any atom is -0.493 e. The Balaban J connectivity index is 2.03. The normalized spacial score (nSPS) is 9.96. The number of esters is 1. The highest BCUT2D eigenvalue weighted by Crippen LogP contribution is 2.39. The monoisotopic (exact) mass is 390 g/mol. The Labute approximate surface area is 160 Å². The van der Waals surface area contributed by atoms with Crippen molar-refractivity contribution in [3.8, 4) is 17.2 Å². The Kier molecular flexibility index (Phi) is 6.74. The topological polar surface area (TPSA) is 126 Å². The molecule has 0 heterocycles. The Morgan fingerprint density at radius 2 is 1.61 bits per heavy atom. The smallest absolute Gasteiger partial charge is 0.342 e. The Bertz CT molecular complexity index is 880. The van der Waals surface area contributed by atoms with E-state index in [-0.39, 0.29) is 22.7 Å². The van der Waals surface area contributed by atoms with Crippen molar-refractivity contribution in [2.45, 2.75) is 0 Å². The molecule has 0 unspecified atom stereocenters. The van der Waals surface area contributed by atoms with Crippen LogP contribution in [0.5, 0.6) is 17.2 Å². The first-order valence-corrected chi connectivity index (χ1v) is 7.91. The standard InChI is InChI=1S/C18H18N2O8/c1-25-14-9-8-13(16(26-2)17(14)27-3)18(22)28-10-15(21)19-11-4-6-12(7-5-11)20(23)24/h4-9H,10H2,1-3H3,(H,19,21). The van der Waals surface area contributed by atoms with Crippen molar-refractivity contribution in [1.82, 2.24) is 0 Å². The number of nitro groups is 1. The van der Waals surface area contributed by atoms with Crippen molar-refractivity contribution in [2.75, 3.05) is 33.3 Å². The number of non-ortho nitro benzene ring substituents is 1. The molecule has 10 nitrogen and oxygen atoms in total. The lowest BCUT2D eigenvalue weighted by molar-refractivity contribution is -0.384. The number of nitrogens with zero attached hydrogens (tertiary/aromatic N) is 1. The molecule has 0 radical (unpaired) electrons. The fraction of sp³-hybridized carbons (Fsp3) is 0.222. The van der Waals surface area contributed by atoms with Crippen LogP contribution in [0.15, 0.2) is 36.4 Å². The molecule has 2 aromatic carbocycles. The van der Waals surface area contributed by atoms with Crippen LogP contribution >= 0.6 is 0 Å². The number of methoxy groups -OCH3 is 3. The number of amides is 1. The maximum Gasteiger partial charge on any atom is 0.342 e. The van der Waals surface area contributed by atoms with Crippen molar-refractivity contribution in [1.29, 1.82) is 0 Å². The van der Waals surface area contributed by atoms with Gasteiger partial charge >= 0.3 is 5.97 Å². The highest BCUT2D eigenvalue weighted by Gasteiger charge is 2.22. The molecule has 2 rings (SSSR count). The predicted molar refractivity (Wildman–Crippen MR) is 98.1 cm³/mol. The van der Waals surface area contributed by atoms with Gasteiger partial charge in [-0.3, -0.25) is 14.9 Å². The van der Waals surface area contributed by atoms with Gasteiger partial charge in [-0.1, -0.05) is 0 Å². The van der Waals surface area contributed by atoms with Gasteiger partial charge < -0.3 is 24.3 Å². The molecule has 1 amide bonds. The number of carbonyl (C=O) groups is 2. The van der Waals surface area contributed by atoms with Gasteiger partial charge in [0, 0.05) is 17.8 Å². The van der Waals surface area contributed by atoms with E-state index in [0.717, 1.165) is 0 Å². The van der Waals surface area contributed by atoms with E-state index in [0.29, 0.717) is 11.4 Å². The van der Waals surface area contributed by atoms with E-state index in [2.05, 4.69) is 5.32 Å². The first-order valence-electron chi connectivity index (χ1n) is 7.91. The first kappa shape index (κ1) is 20.5. The van der Waals surface area contributed by atoms with Gasteiger partial charge in [0.1, 0.15) is 5.56 Å². The molecule has 0 bridgehead atoms. The SMILES string of the molecule is COc1ccc(C(=O)OCC(=O)Nc2ccc([N+](=O)[O-])cc2)c(OC)c1OC. The van der Waals surface area contributed by atoms with Crippen molar-refractivity contribution in [3.63, 3.8) is 0 Å². The second-order valence-electron chi connectivity index (χ2n) is 5.31. The summed E-state index contributed by atoms with van der Waals surface area (Å²) in [5.41, 5.74) is 0.281. The largest absolute Gasteiger partial charge is 0.493 e. The maximum atomic E-state index is 12.3. The lowest BCUT2D eigenvalue weighted by Gasteiger charge is -2.15. The van der Waals surface area contributed by atoms with Crippen molar-refractivity contribution in [3.05, 3.63) is 52.1 Å². The molecule has 10 heteroatoms. The van der Waals surface area contributed by atoms with Gasteiger partial charge in [-0.05, 0) is 24.3 Å². The van der Waals surface area contributed by atoms with Crippen LogP contribution in [0.1, 0.15) is 10.4 Å². The summed E-state index contributed by atoms with van der Waals surface area (Å²) in [6, 6.07) is 8.17. The van der Waals surface area contributed by atoms with E-state index in [1.807, 2.05) is 0 Å². The molecule has 0 atom stereocenters. The number of rotatable bonds is 8. The maximum absolute atomic E-state index is 12.3. The number of nitro benzene ring substituents is 1. The van der Waals surface area contributed by atoms with Gasteiger partial charge in [0.25, 0.3) is 11.6 Å². The molecule has 0 saturated carbocycles. The van der Waals surface area contributed by atoms with Gasteiger partial charge in [0.15, 0.2) is 18.1 Å². The Morgan fingerprint density at radius 1 is 0.964 bits per heavy atom. The van der Waals surface area contributed by atoms with Crippen LogP contribution in [-0.4, -0.2) is 44.7 Å². The molecule has 0 fully saturated rings. The van der Waals surface area contributed by atoms with Crippen LogP contribution in [0.2, 0.25) is 0 Å². The van der Waals surface area contributed by atoms with Gasteiger partial charge in [-0.15, -0.1) is 0 Å². The van der Waals surface area contributed by atoms with E-state index in [4.69, 9.17) is 18.9 Å². The number of nitrogens with one attached hydrogen (secondary N) is 1. The molecule has 0 aromatic heterocycles. The van der Waals surface area contributed by atoms with Crippen LogP contribution < -0.4 is 19.5 Å². The number of carbonyl (C=O) groups excluding carboxylic acids is 2. The van der Waals surface area contributed by atoms with E-state index < -0.39 is 23.4 Å². The molecule has 28 heavy (non-hydrogen) atoms. The van der Waals surface area contributed by atoms with Crippen LogP contribution in [0.25, 0.3) is 0 Å². The zero-order chi connectivity index (χ0) is 20.7. The van der Waals surface area contributed by atoms with E-state index in [9.17, 15) is 19.7 Å². The van der Waals surface area contributed by atoms with Crippen molar-refractivity contribution < 1.29 is 33.5 Å². The molecule has 1 N–H and O–H groups in total. The fourth-order valence-electron chi connectivity index (χ4n) is 2.33. The number of anilines is 1. The van der Waals surface area contributed by atoms with Gasteiger partial charge in [0.05, 0.1) is 26.3 Å². The van der Waals surface area contributed by atoms with Crippen LogP contribution in [0, 0.1) is 10.1 Å². The molecular formula is C18H18N2O8. The fourth-order valence-corrected chi connectivity index (χ4v) is 2.33. The second-order valence-corrected chi connectivity index (χ2v) is 5.31. The summed E-state index contributed by atoms with van der Waals surface area (Å²) in [4.78, 5) is 34.3. The Morgan fingerprint density at radius 3 is 2.14 bits per heavy atom. The molecule has 0 aliphatic carbocycles. The lowest BCUT2D eigenvalue weighted by atomic mass is 10.1. The zero-order valence-corrected chi connectivity index (χ0v) is 15.4. The number of hydrogen-bond acceptors (Lipinski definition) is 8. The third kappa shape index (κ3) is 4.67. The lowest BCUT2D eigenvalue weighted by Crippen LogP contribution is -2.21. The summed E-state index contributed by atoms with van der Waals surface area (Å²) in [5.74, 6) is -0.706. The van der Waals surface area contributed by atoms with E-state index in [1.54, 1.807) is 0 Å². The molecule has 2 aromatic rings. The minimum atomic E-state index is -0.795. The van der Waals surface area contributed by atoms with Crippen molar-refractivity contribution in [2.24, 2.45) is 0 Å². The average molecular weight is 390 g/mol. The van der Waals surface area contributed by atoms with Crippen LogP contribution in [0.3, 0.4) is 0 Å². The van der Waals surface area contributed by atoms with Gasteiger partial charge in [-0.25, -0.2) is 4.79 Å². The summed E-state index contributed by atoms with van der Waals surface area (Å²) in [6.07, 6.45) is 0. The van der Waals surface area contributed by atoms with Crippen molar-refractivity contribution >= 4 is 23.3 Å². The summed E-state index contributed by atoms with van der Waals surface area (Å²) in [7, 11) is 4.19. The minimum absolute atomic E-state index is 0.0586. The highest BCUT2D eigenvalue weighted by atomic mass is 16.6. The quantitative estimate of drug-likeness (QED) is 0.414. The number of hydrogen-bond donors (Lipinski definition) is 1. The Hall–Kier alpha value is -3.82. The van der Waals surface area contributed by atoms with E-state index in [1.165, 1.54) is 57.7 Å². The molecule has 0 spiro atoms.